The Balaban J connectivity index is 1.84. The number of anilines is 1. The largest absolute Gasteiger partial charge is 0.352 e. The maximum absolute atomic E-state index is 14.5. The van der Waals surface area contributed by atoms with Crippen molar-refractivity contribution in [1.82, 2.24) is 10.2 Å². The Labute approximate surface area is 265 Å². The van der Waals surface area contributed by atoms with Crippen LogP contribution < -0.4 is 9.62 Å². The van der Waals surface area contributed by atoms with E-state index in [0.29, 0.717) is 10.6 Å². The summed E-state index contributed by atoms with van der Waals surface area (Å²) in [5, 5.41) is 3.31. The predicted octanol–water partition coefficient (Wildman–Crippen LogP) is 6.32. The van der Waals surface area contributed by atoms with Gasteiger partial charge in [0.15, 0.2) is 0 Å². The number of aryl methyl sites for hydroxylation is 2. The standard InChI is InChI=1S/C35H38ClN3O4S/c1-25(2)37-35(41)33(21-28-14-7-5-8-15-28)38(23-29-16-12-11-13-26(29)3)34(40)24-39(32-22-30(36)20-19-27(32)4)44(42,43)31-17-9-6-10-18-31/h5-20,22,25,33H,21,23-24H2,1-4H3,(H,37,41). The molecule has 1 unspecified atom stereocenters. The number of hydrogen-bond donors (Lipinski definition) is 1. The molecule has 0 saturated carbocycles. The average molecular weight is 632 g/mol. The van der Waals surface area contributed by atoms with Gasteiger partial charge in [-0.15, -0.1) is 0 Å². The molecule has 1 N–H and O–H groups in total. The fourth-order valence-electron chi connectivity index (χ4n) is 4.99. The number of amides is 2. The highest BCUT2D eigenvalue weighted by molar-refractivity contribution is 7.92. The number of hydrogen-bond acceptors (Lipinski definition) is 4. The minimum absolute atomic E-state index is 0.0380. The van der Waals surface area contributed by atoms with Gasteiger partial charge in [0, 0.05) is 24.0 Å². The van der Waals surface area contributed by atoms with Gasteiger partial charge >= 0.3 is 0 Å². The van der Waals surface area contributed by atoms with Gasteiger partial charge in [0.05, 0.1) is 10.6 Å². The van der Waals surface area contributed by atoms with Crippen LogP contribution in [0.4, 0.5) is 5.69 Å². The number of sulfonamides is 1. The van der Waals surface area contributed by atoms with Crippen LogP contribution in [0.3, 0.4) is 0 Å². The molecule has 9 heteroatoms. The molecule has 0 aromatic heterocycles. The summed E-state index contributed by atoms with van der Waals surface area (Å²) >= 11 is 6.34. The Kier molecular flexibility index (Phi) is 10.8. The Morgan fingerprint density at radius 2 is 1.43 bits per heavy atom. The van der Waals surface area contributed by atoms with Crippen molar-refractivity contribution in [3.63, 3.8) is 0 Å². The first-order valence-corrected chi connectivity index (χ1v) is 16.3. The molecule has 1 atom stereocenters. The molecule has 0 aliphatic rings. The monoisotopic (exact) mass is 631 g/mol. The van der Waals surface area contributed by atoms with Gasteiger partial charge < -0.3 is 10.2 Å². The first-order chi connectivity index (χ1) is 21.0. The maximum atomic E-state index is 14.5. The van der Waals surface area contributed by atoms with Gasteiger partial charge in [-0.2, -0.15) is 0 Å². The van der Waals surface area contributed by atoms with Crippen molar-refractivity contribution in [2.75, 3.05) is 10.8 Å². The number of carbonyl (C=O) groups excluding carboxylic acids is 2. The number of nitrogens with zero attached hydrogens (tertiary/aromatic N) is 2. The molecule has 0 fully saturated rings. The highest BCUT2D eigenvalue weighted by atomic mass is 35.5. The molecule has 0 radical (unpaired) electrons. The highest BCUT2D eigenvalue weighted by Crippen LogP contribution is 2.30. The lowest BCUT2D eigenvalue weighted by Gasteiger charge is -2.34. The molecule has 4 aromatic carbocycles. The normalized spacial score (nSPS) is 12.0. The molecular weight excluding hydrogens is 594 g/mol. The first kappa shape index (κ1) is 32.8. The van der Waals surface area contributed by atoms with Gasteiger partial charge in [0.2, 0.25) is 11.8 Å². The van der Waals surface area contributed by atoms with Crippen LogP contribution in [0.2, 0.25) is 5.02 Å². The number of nitrogens with one attached hydrogen (secondary N) is 1. The van der Waals surface area contributed by atoms with E-state index in [9.17, 15) is 18.0 Å². The van der Waals surface area contributed by atoms with Gasteiger partial charge in [-0.05, 0) is 74.2 Å². The fraction of sp³-hybridized carbons (Fsp3) is 0.257. The third-order valence-electron chi connectivity index (χ3n) is 7.35. The minimum atomic E-state index is -4.20. The molecule has 0 aliphatic carbocycles. The summed E-state index contributed by atoms with van der Waals surface area (Å²) in [4.78, 5) is 29.9. The van der Waals surface area contributed by atoms with Crippen molar-refractivity contribution in [3.05, 3.63) is 130 Å². The van der Waals surface area contributed by atoms with Crippen LogP contribution in [0.1, 0.15) is 36.1 Å². The summed E-state index contributed by atoms with van der Waals surface area (Å²) in [6.45, 7) is 7.01. The SMILES string of the molecule is Cc1ccccc1CN(C(=O)CN(c1cc(Cl)ccc1C)S(=O)(=O)c1ccccc1)C(Cc1ccccc1)C(=O)NC(C)C. The lowest BCUT2D eigenvalue weighted by Crippen LogP contribution is -2.54. The van der Waals surface area contributed by atoms with E-state index >= 15 is 0 Å². The van der Waals surface area contributed by atoms with Gasteiger partial charge in [0.1, 0.15) is 12.6 Å². The lowest BCUT2D eigenvalue weighted by atomic mass is 10.0. The Morgan fingerprint density at radius 1 is 0.818 bits per heavy atom. The Bertz CT molecular complexity index is 1700. The third kappa shape index (κ3) is 8.07. The molecule has 0 bridgehead atoms. The second-order valence-corrected chi connectivity index (χ2v) is 13.4. The van der Waals surface area contributed by atoms with Gasteiger partial charge in [-0.1, -0.05) is 90.5 Å². The summed E-state index contributed by atoms with van der Waals surface area (Å²) in [5.74, 6) is -0.839. The van der Waals surface area contributed by atoms with E-state index < -0.39 is 28.5 Å². The van der Waals surface area contributed by atoms with E-state index in [1.54, 1.807) is 43.3 Å². The van der Waals surface area contributed by atoms with E-state index in [4.69, 9.17) is 11.6 Å². The first-order valence-electron chi connectivity index (χ1n) is 14.5. The summed E-state index contributed by atoms with van der Waals surface area (Å²) in [7, 11) is -4.20. The molecule has 7 nitrogen and oxygen atoms in total. The van der Waals surface area contributed by atoms with E-state index in [0.717, 1.165) is 21.0 Å². The molecule has 0 saturated heterocycles. The topological polar surface area (TPSA) is 86.8 Å². The van der Waals surface area contributed by atoms with Crippen molar-refractivity contribution in [2.45, 2.75) is 57.6 Å². The van der Waals surface area contributed by atoms with Gasteiger partial charge in [-0.3, -0.25) is 13.9 Å². The smallest absolute Gasteiger partial charge is 0.264 e. The maximum Gasteiger partial charge on any atom is 0.264 e. The van der Waals surface area contributed by atoms with Crippen molar-refractivity contribution < 1.29 is 18.0 Å². The van der Waals surface area contributed by atoms with Gasteiger partial charge in [0.25, 0.3) is 10.0 Å². The summed E-state index contributed by atoms with van der Waals surface area (Å²) in [6, 6.07) is 29.0. The second-order valence-electron chi connectivity index (χ2n) is 11.1. The van der Waals surface area contributed by atoms with Crippen molar-refractivity contribution in [1.29, 1.82) is 0 Å². The predicted molar refractivity (Wildman–Crippen MR) is 176 cm³/mol. The average Bonchev–Trinajstić information content (AvgIpc) is 3.00. The van der Waals surface area contributed by atoms with Crippen LogP contribution in [0.25, 0.3) is 0 Å². The Morgan fingerprint density at radius 3 is 2.07 bits per heavy atom. The molecule has 4 aromatic rings. The van der Waals surface area contributed by atoms with Crippen LogP contribution >= 0.6 is 11.6 Å². The number of halogens is 1. The highest BCUT2D eigenvalue weighted by Gasteiger charge is 2.35. The molecule has 230 valence electrons. The molecule has 0 aliphatic heterocycles. The molecule has 44 heavy (non-hydrogen) atoms. The summed E-state index contributed by atoms with van der Waals surface area (Å²) in [5.41, 5.74) is 3.60. The van der Waals surface area contributed by atoms with E-state index in [1.165, 1.54) is 17.0 Å². The fourth-order valence-corrected chi connectivity index (χ4v) is 6.65. The zero-order chi connectivity index (χ0) is 31.9. The molecule has 0 heterocycles. The summed E-state index contributed by atoms with van der Waals surface area (Å²) in [6.07, 6.45) is 0.249. The lowest BCUT2D eigenvalue weighted by molar-refractivity contribution is -0.140. The molecule has 2 amide bonds. The molecular formula is C35H38ClN3O4S. The van der Waals surface area contributed by atoms with Crippen LogP contribution in [-0.4, -0.2) is 43.8 Å². The van der Waals surface area contributed by atoms with Crippen LogP contribution in [0, 0.1) is 13.8 Å². The molecule has 0 spiro atoms. The van der Waals surface area contributed by atoms with Crippen molar-refractivity contribution in [2.24, 2.45) is 0 Å². The minimum Gasteiger partial charge on any atom is -0.352 e. The number of rotatable bonds is 12. The van der Waals surface area contributed by atoms with E-state index in [-0.39, 0.29) is 35.5 Å². The second kappa shape index (κ2) is 14.6. The third-order valence-corrected chi connectivity index (χ3v) is 9.36. The van der Waals surface area contributed by atoms with Crippen LogP contribution in [0.5, 0.6) is 0 Å². The zero-order valence-corrected chi connectivity index (χ0v) is 27.0. The molecule has 4 rings (SSSR count). The number of carbonyl (C=O) groups is 2. The van der Waals surface area contributed by atoms with Crippen LogP contribution in [-0.2, 0) is 32.6 Å². The van der Waals surface area contributed by atoms with Crippen molar-refractivity contribution >= 4 is 39.1 Å². The number of benzene rings is 4. The van der Waals surface area contributed by atoms with E-state index in [1.807, 2.05) is 75.4 Å². The van der Waals surface area contributed by atoms with Crippen molar-refractivity contribution in [3.8, 4) is 0 Å². The van der Waals surface area contributed by atoms with Gasteiger partial charge in [-0.25, -0.2) is 8.42 Å². The summed E-state index contributed by atoms with van der Waals surface area (Å²) < 4.78 is 29.4. The van der Waals surface area contributed by atoms with E-state index in [2.05, 4.69) is 5.32 Å². The quantitative estimate of drug-likeness (QED) is 0.198. The van der Waals surface area contributed by atoms with Crippen LogP contribution in [0.15, 0.2) is 108 Å². The Hall–Kier alpha value is -4.14. The zero-order valence-electron chi connectivity index (χ0n) is 25.4.